The second-order valence-corrected chi connectivity index (χ2v) is 6.17. The number of nitrogens with two attached hydrogens (primary N) is 1. The molecule has 1 aromatic carbocycles. The Morgan fingerprint density at radius 1 is 1.19 bits per heavy atom. The maximum Gasteiger partial charge on any atom is 0.340 e. The van der Waals surface area contributed by atoms with Crippen LogP contribution in [-0.4, -0.2) is 45.9 Å². The Hall–Kier alpha value is -3.13. The highest BCUT2D eigenvalue weighted by molar-refractivity contribution is 5.89. The standard InChI is InChI=1S/C19H22N2O6/c1-11-3-5-14(9-21-11)18(24)27-12(2)10-26-19(25)15(20)7-13-4-6-16(22)17(23)8-13/h3-6,8-9,12,15,22-23H,7,10,20H2,1-2H3/t12-,15-/m0/s1. The quantitative estimate of drug-likeness (QED) is 0.490. The molecule has 27 heavy (non-hydrogen) atoms. The van der Waals surface area contributed by atoms with Gasteiger partial charge in [0.1, 0.15) is 18.8 Å². The first-order valence-electron chi connectivity index (χ1n) is 8.33. The van der Waals surface area contributed by atoms with E-state index in [4.69, 9.17) is 15.2 Å². The summed E-state index contributed by atoms with van der Waals surface area (Å²) in [6.45, 7) is 3.26. The number of phenolic OH excluding ortho intramolecular Hbond substituents is 2. The minimum Gasteiger partial charge on any atom is -0.504 e. The van der Waals surface area contributed by atoms with Gasteiger partial charge in [-0.2, -0.15) is 0 Å². The molecule has 1 heterocycles. The van der Waals surface area contributed by atoms with Gasteiger partial charge < -0.3 is 25.4 Å². The summed E-state index contributed by atoms with van der Waals surface area (Å²) in [7, 11) is 0. The molecule has 0 saturated carbocycles. The van der Waals surface area contributed by atoms with Crippen molar-refractivity contribution in [3.8, 4) is 11.5 Å². The van der Waals surface area contributed by atoms with E-state index in [1.807, 2.05) is 0 Å². The number of benzene rings is 1. The van der Waals surface area contributed by atoms with Crippen LogP contribution >= 0.6 is 0 Å². The van der Waals surface area contributed by atoms with Crippen LogP contribution in [0, 0.1) is 6.92 Å². The third-order valence-electron chi connectivity index (χ3n) is 3.71. The number of carbonyl (C=O) groups excluding carboxylic acids is 2. The molecule has 2 aromatic rings. The molecular formula is C19H22N2O6. The van der Waals surface area contributed by atoms with Crippen molar-refractivity contribution in [1.82, 2.24) is 4.98 Å². The Kier molecular flexibility index (Phi) is 6.73. The number of hydrogen-bond acceptors (Lipinski definition) is 8. The Balaban J connectivity index is 1.80. The van der Waals surface area contributed by atoms with Crippen molar-refractivity contribution in [2.24, 2.45) is 5.73 Å². The van der Waals surface area contributed by atoms with E-state index >= 15 is 0 Å². The summed E-state index contributed by atoms with van der Waals surface area (Å²) >= 11 is 0. The maximum atomic E-state index is 12.0. The lowest BCUT2D eigenvalue weighted by Gasteiger charge is -2.16. The average molecular weight is 374 g/mol. The highest BCUT2D eigenvalue weighted by atomic mass is 16.6. The molecule has 8 heteroatoms. The van der Waals surface area contributed by atoms with Gasteiger partial charge >= 0.3 is 11.9 Å². The summed E-state index contributed by atoms with van der Waals surface area (Å²) in [4.78, 5) is 28.0. The Bertz CT molecular complexity index is 806. The smallest absolute Gasteiger partial charge is 0.340 e. The number of aryl methyl sites for hydroxylation is 1. The first-order valence-corrected chi connectivity index (χ1v) is 8.33. The molecule has 0 radical (unpaired) electrons. The van der Waals surface area contributed by atoms with Gasteiger partial charge in [0.2, 0.25) is 0 Å². The first-order chi connectivity index (χ1) is 12.8. The lowest BCUT2D eigenvalue weighted by Crippen LogP contribution is -2.36. The minimum absolute atomic E-state index is 0.121. The number of aromatic hydroxyl groups is 2. The Labute approximate surface area is 156 Å². The summed E-state index contributed by atoms with van der Waals surface area (Å²) in [5, 5.41) is 18.7. The van der Waals surface area contributed by atoms with E-state index in [2.05, 4.69) is 4.98 Å². The highest BCUT2D eigenvalue weighted by Crippen LogP contribution is 2.25. The van der Waals surface area contributed by atoms with Crippen LogP contribution in [-0.2, 0) is 20.7 Å². The minimum atomic E-state index is -0.960. The molecule has 144 valence electrons. The zero-order valence-corrected chi connectivity index (χ0v) is 15.1. The van der Waals surface area contributed by atoms with Crippen molar-refractivity contribution < 1.29 is 29.3 Å². The fraction of sp³-hybridized carbons (Fsp3) is 0.316. The Morgan fingerprint density at radius 3 is 2.56 bits per heavy atom. The van der Waals surface area contributed by atoms with Crippen LogP contribution in [0.25, 0.3) is 0 Å². The lowest BCUT2D eigenvalue weighted by molar-refractivity contribution is -0.148. The molecule has 0 spiro atoms. The second kappa shape index (κ2) is 9.00. The van der Waals surface area contributed by atoms with Crippen molar-refractivity contribution in [1.29, 1.82) is 0 Å². The number of carbonyl (C=O) groups is 2. The molecule has 0 bridgehead atoms. The van der Waals surface area contributed by atoms with Gasteiger partial charge in [-0.25, -0.2) is 4.79 Å². The summed E-state index contributed by atoms with van der Waals surface area (Å²) < 4.78 is 10.3. The largest absolute Gasteiger partial charge is 0.504 e. The fourth-order valence-corrected chi connectivity index (χ4v) is 2.21. The number of hydrogen-bond donors (Lipinski definition) is 3. The topological polar surface area (TPSA) is 132 Å². The van der Waals surface area contributed by atoms with Gasteiger partial charge in [-0.1, -0.05) is 6.07 Å². The number of phenols is 2. The monoisotopic (exact) mass is 374 g/mol. The third-order valence-corrected chi connectivity index (χ3v) is 3.71. The molecule has 4 N–H and O–H groups in total. The predicted molar refractivity (Wildman–Crippen MR) is 96.3 cm³/mol. The van der Waals surface area contributed by atoms with Gasteiger partial charge in [0.25, 0.3) is 0 Å². The zero-order valence-electron chi connectivity index (χ0n) is 15.1. The summed E-state index contributed by atoms with van der Waals surface area (Å²) in [5.74, 6) is -1.77. The normalized spacial score (nSPS) is 12.9. The molecular weight excluding hydrogens is 352 g/mol. The van der Waals surface area contributed by atoms with Crippen LogP contribution in [0.4, 0.5) is 0 Å². The van der Waals surface area contributed by atoms with Gasteiger partial charge in [-0.3, -0.25) is 9.78 Å². The van der Waals surface area contributed by atoms with Crippen LogP contribution in [0.1, 0.15) is 28.5 Å². The number of pyridine rings is 1. The molecule has 0 saturated heterocycles. The molecule has 0 amide bonds. The highest BCUT2D eigenvalue weighted by Gasteiger charge is 2.19. The van der Waals surface area contributed by atoms with E-state index in [1.54, 1.807) is 32.0 Å². The molecule has 2 atom stereocenters. The van der Waals surface area contributed by atoms with E-state index in [1.165, 1.54) is 18.3 Å². The van der Waals surface area contributed by atoms with Gasteiger partial charge in [-0.05, 0) is 50.1 Å². The summed E-state index contributed by atoms with van der Waals surface area (Å²) in [5.41, 5.74) is 7.46. The SMILES string of the molecule is Cc1ccc(C(=O)O[C@@H](C)COC(=O)[C@@H](N)Cc2ccc(O)c(O)c2)cn1. The average Bonchev–Trinajstić information content (AvgIpc) is 2.63. The summed E-state index contributed by atoms with van der Waals surface area (Å²) in [6, 6.07) is 6.51. The number of rotatable bonds is 7. The second-order valence-electron chi connectivity index (χ2n) is 6.17. The number of esters is 2. The van der Waals surface area contributed by atoms with Crippen LogP contribution in [0.5, 0.6) is 11.5 Å². The number of ether oxygens (including phenoxy) is 2. The van der Waals surface area contributed by atoms with Crippen LogP contribution in [0.3, 0.4) is 0 Å². The van der Waals surface area contributed by atoms with E-state index in [-0.39, 0.29) is 24.5 Å². The van der Waals surface area contributed by atoms with Crippen molar-refractivity contribution in [2.75, 3.05) is 6.61 Å². The van der Waals surface area contributed by atoms with Crippen LogP contribution in [0.15, 0.2) is 36.5 Å². The van der Waals surface area contributed by atoms with E-state index in [9.17, 15) is 19.8 Å². The molecule has 0 aliphatic rings. The van der Waals surface area contributed by atoms with Crippen LogP contribution in [0.2, 0.25) is 0 Å². The Morgan fingerprint density at radius 2 is 1.93 bits per heavy atom. The zero-order chi connectivity index (χ0) is 20.0. The van der Waals surface area contributed by atoms with Crippen LogP contribution < -0.4 is 5.73 Å². The summed E-state index contributed by atoms with van der Waals surface area (Å²) in [6.07, 6.45) is 0.877. The van der Waals surface area contributed by atoms with Gasteiger partial charge in [-0.15, -0.1) is 0 Å². The van der Waals surface area contributed by atoms with Crippen molar-refractivity contribution in [3.05, 3.63) is 53.3 Å². The van der Waals surface area contributed by atoms with Crippen molar-refractivity contribution in [2.45, 2.75) is 32.4 Å². The predicted octanol–water partition coefficient (Wildman–Crippen LogP) is 1.46. The van der Waals surface area contributed by atoms with Gasteiger partial charge in [0.05, 0.1) is 5.56 Å². The molecule has 8 nitrogen and oxygen atoms in total. The van der Waals surface area contributed by atoms with E-state index < -0.39 is 24.1 Å². The molecule has 0 fully saturated rings. The molecule has 0 unspecified atom stereocenters. The number of nitrogens with zero attached hydrogens (tertiary/aromatic N) is 1. The molecule has 2 rings (SSSR count). The maximum absolute atomic E-state index is 12.0. The van der Waals surface area contributed by atoms with Crippen molar-refractivity contribution >= 4 is 11.9 Å². The molecule has 1 aromatic heterocycles. The van der Waals surface area contributed by atoms with Gasteiger partial charge in [0.15, 0.2) is 11.5 Å². The molecule has 0 aliphatic heterocycles. The van der Waals surface area contributed by atoms with Gasteiger partial charge in [0, 0.05) is 11.9 Å². The van der Waals surface area contributed by atoms with E-state index in [0.717, 1.165) is 5.69 Å². The lowest BCUT2D eigenvalue weighted by atomic mass is 10.1. The fourth-order valence-electron chi connectivity index (χ4n) is 2.21. The third kappa shape index (κ3) is 5.96. The first kappa shape index (κ1) is 20.2. The molecule has 0 aliphatic carbocycles. The van der Waals surface area contributed by atoms with E-state index in [0.29, 0.717) is 11.1 Å². The van der Waals surface area contributed by atoms with Crippen molar-refractivity contribution in [3.63, 3.8) is 0 Å². The number of aromatic nitrogens is 1.